The molecule has 1 fully saturated rings. The summed E-state index contributed by atoms with van der Waals surface area (Å²) >= 11 is 0. The molecule has 1 aromatic rings. The fourth-order valence-electron chi connectivity index (χ4n) is 1.47. The molecule has 0 unspecified atom stereocenters. The fourth-order valence-corrected chi connectivity index (χ4v) is 1.47. The minimum absolute atomic E-state index is 0.249. The van der Waals surface area contributed by atoms with Crippen LogP contribution in [0.3, 0.4) is 0 Å². The Balaban J connectivity index is 2.44. The maximum Gasteiger partial charge on any atom is 0.200 e. The monoisotopic (exact) mass is 173 g/mol. The average Bonchev–Trinajstić information content (AvgIpc) is 2.01. The molecule has 2 N–H and O–H groups in total. The van der Waals surface area contributed by atoms with E-state index in [1.807, 2.05) is 6.07 Å². The molecule has 0 aliphatic heterocycles. The highest BCUT2D eigenvalue weighted by Crippen LogP contribution is 2.37. The summed E-state index contributed by atoms with van der Waals surface area (Å²) in [6, 6.07) is 2.04. The molecule has 4 heteroatoms. The molecule has 4 nitrogen and oxygen atoms in total. The van der Waals surface area contributed by atoms with Crippen LogP contribution in [0.25, 0.3) is 0 Å². The lowest BCUT2D eigenvalue weighted by Gasteiger charge is -2.25. The SMILES string of the molecule is N#Cc1c(N)n[c]nc1C1CCC1. The standard InChI is InChI=1S/C9H9N4/c10-4-7-8(6-2-1-3-6)12-5-13-9(7)11/h6H,1-3H2,(H2,11,12,13). The number of aromatic nitrogens is 2. The van der Waals surface area contributed by atoms with E-state index in [1.165, 1.54) is 6.42 Å². The van der Waals surface area contributed by atoms with Crippen molar-refractivity contribution in [3.8, 4) is 6.07 Å². The van der Waals surface area contributed by atoms with Crippen LogP contribution in [0.1, 0.15) is 36.4 Å². The third-order valence-electron chi connectivity index (χ3n) is 2.46. The molecule has 1 radical (unpaired) electrons. The number of hydrogen-bond acceptors (Lipinski definition) is 4. The molecular formula is C9H9N4. The number of nitrogens with two attached hydrogens (primary N) is 1. The van der Waals surface area contributed by atoms with Crippen LogP contribution >= 0.6 is 0 Å². The third kappa shape index (κ3) is 1.22. The van der Waals surface area contributed by atoms with Crippen molar-refractivity contribution in [2.24, 2.45) is 0 Å². The molecule has 1 heterocycles. The molecule has 1 aromatic heterocycles. The third-order valence-corrected chi connectivity index (χ3v) is 2.46. The van der Waals surface area contributed by atoms with Gasteiger partial charge in [-0.2, -0.15) is 5.26 Å². The summed E-state index contributed by atoms with van der Waals surface area (Å²) in [5, 5.41) is 8.84. The smallest absolute Gasteiger partial charge is 0.200 e. The van der Waals surface area contributed by atoms with E-state index in [0.29, 0.717) is 11.5 Å². The van der Waals surface area contributed by atoms with Crippen LogP contribution in [0.15, 0.2) is 0 Å². The molecule has 13 heavy (non-hydrogen) atoms. The first-order chi connectivity index (χ1) is 6.33. The van der Waals surface area contributed by atoms with E-state index in [2.05, 4.69) is 16.3 Å². The minimum atomic E-state index is 0.249. The van der Waals surface area contributed by atoms with E-state index in [1.54, 1.807) is 0 Å². The van der Waals surface area contributed by atoms with Gasteiger partial charge < -0.3 is 5.73 Å². The van der Waals surface area contributed by atoms with Gasteiger partial charge in [-0.3, -0.25) is 0 Å². The molecule has 0 bridgehead atoms. The van der Waals surface area contributed by atoms with Gasteiger partial charge in [0.15, 0.2) is 6.33 Å². The van der Waals surface area contributed by atoms with Gasteiger partial charge in [0, 0.05) is 5.92 Å². The molecule has 2 rings (SSSR count). The highest BCUT2D eigenvalue weighted by molar-refractivity contribution is 5.51. The van der Waals surface area contributed by atoms with Gasteiger partial charge in [0.25, 0.3) is 0 Å². The summed E-state index contributed by atoms with van der Waals surface area (Å²) in [6.07, 6.45) is 5.88. The van der Waals surface area contributed by atoms with E-state index in [4.69, 9.17) is 11.0 Å². The van der Waals surface area contributed by atoms with Crippen LogP contribution in [0, 0.1) is 17.7 Å². The predicted molar refractivity (Wildman–Crippen MR) is 46.6 cm³/mol. The van der Waals surface area contributed by atoms with Crippen LogP contribution in [0.2, 0.25) is 0 Å². The first-order valence-electron chi connectivity index (χ1n) is 4.26. The summed E-state index contributed by atoms with van der Waals surface area (Å²) in [7, 11) is 0. The topological polar surface area (TPSA) is 75.6 Å². The van der Waals surface area contributed by atoms with Crippen molar-refractivity contribution in [3.63, 3.8) is 0 Å². The molecule has 1 aliphatic rings. The Morgan fingerprint density at radius 1 is 1.46 bits per heavy atom. The zero-order chi connectivity index (χ0) is 9.26. The number of nitriles is 1. The summed E-state index contributed by atoms with van der Waals surface area (Å²) < 4.78 is 0. The lowest BCUT2D eigenvalue weighted by atomic mass is 9.81. The Morgan fingerprint density at radius 3 is 2.77 bits per heavy atom. The number of nitrogen functional groups attached to an aromatic ring is 1. The maximum atomic E-state index is 8.84. The lowest BCUT2D eigenvalue weighted by molar-refractivity contribution is 0.410. The molecule has 0 saturated heterocycles. The minimum Gasteiger partial charge on any atom is -0.382 e. The van der Waals surface area contributed by atoms with E-state index < -0.39 is 0 Å². The Labute approximate surface area is 76.4 Å². The molecule has 65 valence electrons. The van der Waals surface area contributed by atoms with Crippen molar-refractivity contribution in [2.75, 3.05) is 5.73 Å². The van der Waals surface area contributed by atoms with Gasteiger partial charge in [-0.05, 0) is 12.8 Å². The summed E-state index contributed by atoms with van der Waals surface area (Å²) in [4.78, 5) is 7.66. The van der Waals surface area contributed by atoms with Gasteiger partial charge >= 0.3 is 0 Å². The summed E-state index contributed by atoms with van der Waals surface area (Å²) in [6.45, 7) is 0. The van der Waals surface area contributed by atoms with Gasteiger partial charge in [-0.25, -0.2) is 9.97 Å². The van der Waals surface area contributed by atoms with Gasteiger partial charge in [0.05, 0.1) is 5.69 Å². The zero-order valence-electron chi connectivity index (χ0n) is 7.12. The molecule has 0 amide bonds. The van der Waals surface area contributed by atoms with Crippen LogP contribution in [-0.4, -0.2) is 9.97 Å². The van der Waals surface area contributed by atoms with Crippen LogP contribution in [0.5, 0.6) is 0 Å². The van der Waals surface area contributed by atoms with Gasteiger partial charge in [0.1, 0.15) is 17.5 Å². The van der Waals surface area contributed by atoms with Crippen LogP contribution in [-0.2, 0) is 0 Å². The normalized spacial score (nSPS) is 16.2. The van der Waals surface area contributed by atoms with Gasteiger partial charge in [-0.1, -0.05) is 6.42 Å². The van der Waals surface area contributed by atoms with Crippen molar-refractivity contribution in [3.05, 3.63) is 17.6 Å². The second-order valence-corrected chi connectivity index (χ2v) is 3.21. The second-order valence-electron chi connectivity index (χ2n) is 3.21. The number of rotatable bonds is 1. The summed E-state index contributed by atoms with van der Waals surface area (Å²) in [5.74, 6) is 0.649. The van der Waals surface area contributed by atoms with E-state index in [-0.39, 0.29) is 5.82 Å². The van der Waals surface area contributed by atoms with E-state index in [0.717, 1.165) is 18.5 Å². The van der Waals surface area contributed by atoms with E-state index >= 15 is 0 Å². The largest absolute Gasteiger partial charge is 0.382 e. The average molecular weight is 173 g/mol. The van der Waals surface area contributed by atoms with Crippen LogP contribution in [0.4, 0.5) is 5.82 Å². The predicted octanol–water partition coefficient (Wildman–Crippen LogP) is 0.998. The van der Waals surface area contributed by atoms with E-state index in [9.17, 15) is 0 Å². The summed E-state index contributed by atoms with van der Waals surface area (Å²) in [5.41, 5.74) is 6.76. The molecule has 0 atom stereocenters. The fraction of sp³-hybridized carbons (Fsp3) is 0.444. The Hall–Kier alpha value is -1.63. The quantitative estimate of drug-likeness (QED) is 0.687. The van der Waals surface area contributed by atoms with Crippen molar-refractivity contribution in [1.82, 2.24) is 9.97 Å². The lowest BCUT2D eigenvalue weighted by Crippen LogP contribution is -2.14. The number of hydrogen-bond donors (Lipinski definition) is 1. The number of anilines is 1. The van der Waals surface area contributed by atoms with Crippen molar-refractivity contribution < 1.29 is 0 Å². The molecule has 0 aromatic carbocycles. The van der Waals surface area contributed by atoms with Crippen molar-refractivity contribution in [2.45, 2.75) is 25.2 Å². The molecular weight excluding hydrogens is 164 g/mol. The van der Waals surface area contributed by atoms with Crippen molar-refractivity contribution >= 4 is 5.82 Å². The highest BCUT2D eigenvalue weighted by Gasteiger charge is 2.24. The van der Waals surface area contributed by atoms with Crippen molar-refractivity contribution in [1.29, 1.82) is 5.26 Å². The highest BCUT2D eigenvalue weighted by atomic mass is 14.9. The van der Waals surface area contributed by atoms with Crippen LogP contribution < -0.4 is 5.73 Å². The first-order valence-corrected chi connectivity index (χ1v) is 4.26. The Bertz CT molecular complexity index is 362. The number of nitrogens with zero attached hydrogens (tertiary/aromatic N) is 3. The molecule has 1 saturated carbocycles. The Morgan fingerprint density at radius 2 is 2.23 bits per heavy atom. The van der Waals surface area contributed by atoms with Gasteiger partial charge in [-0.15, -0.1) is 0 Å². The maximum absolute atomic E-state index is 8.84. The molecule has 1 aliphatic carbocycles. The second kappa shape index (κ2) is 3.02. The molecule has 0 spiro atoms. The first kappa shape index (κ1) is 7.99. The Kier molecular flexibility index (Phi) is 1.85. The zero-order valence-corrected chi connectivity index (χ0v) is 7.12. The van der Waals surface area contributed by atoms with Gasteiger partial charge in [0.2, 0.25) is 0 Å².